The second-order valence-electron chi connectivity index (χ2n) is 6.92. The smallest absolute Gasteiger partial charge is 0.0108 e. The second-order valence-corrected chi connectivity index (χ2v) is 6.92. The molecular weight excluding hydrogens is 230 g/mol. The largest absolute Gasteiger partial charge is 0.313 e. The van der Waals surface area contributed by atoms with Gasteiger partial charge in [0, 0.05) is 6.04 Å². The maximum absolute atomic E-state index is 3.78. The van der Waals surface area contributed by atoms with E-state index in [1.165, 1.54) is 38.6 Å². The van der Waals surface area contributed by atoms with Crippen LogP contribution in [0.5, 0.6) is 0 Å². The third-order valence-electron chi connectivity index (χ3n) is 5.10. The molecule has 1 aliphatic carbocycles. The fourth-order valence-corrected chi connectivity index (χ4v) is 3.96. The minimum atomic E-state index is 0.725. The quantitative estimate of drug-likeness (QED) is 0.858. The van der Waals surface area contributed by atoms with Gasteiger partial charge in [0.05, 0.1) is 0 Å². The molecule has 1 aromatic carbocycles. The highest BCUT2D eigenvalue weighted by Crippen LogP contribution is 2.39. The summed E-state index contributed by atoms with van der Waals surface area (Å²) in [5, 5.41) is 3.78. The van der Waals surface area contributed by atoms with E-state index < -0.39 is 0 Å². The van der Waals surface area contributed by atoms with Gasteiger partial charge in [-0.1, -0.05) is 44.5 Å². The highest BCUT2D eigenvalue weighted by molar-refractivity contribution is 5.33. The maximum Gasteiger partial charge on any atom is 0.0108 e. The Morgan fingerprint density at radius 1 is 1.21 bits per heavy atom. The Morgan fingerprint density at radius 2 is 2.05 bits per heavy atom. The summed E-state index contributed by atoms with van der Waals surface area (Å²) in [7, 11) is 0. The Bertz CT molecular complexity index is 415. The molecule has 0 saturated carbocycles. The molecule has 2 aliphatic heterocycles. The van der Waals surface area contributed by atoms with Crippen LogP contribution in [0.2, 0.25) is 0 Å². The monoisotopic (exact) mass is 257 g/mol. The Kier molecular flexibility index (Phi) is 3.93. The van der Waals surface area contributed by atoms with Gasteiger partial charge in [-0.3, -0.25) is 0 Å². The summed E-state index contributed by atoms with van der Waals surface area (Å²) < 4.78 is 0. The number of nitrogens with one attached hydrogen (secondary N) is 1. The van der Waals surface area contributed by atoms with Crippen molar-refractivity contribution in [2.24, 2.45) is 11.8 Å². The van der Waals surface area contributed by atoms with E-state index in [0.717, 1.165) is 23.8 Å². The standard InChI is InChI=1S/C18H27N/c1-13(2)7-10-18-15-8-9-16(19-12-15)11-14-5-3-4-6-17(14)18/h3-6,13,15-16,18-19H,7-12H2,1-2H3. The summed E-state index contributed by atoms with van der Waals surface area (Å²) in [5.74, 6) is 2.46. The van der Waals surface area contributed by atoms with Crippen molar-refractivity contribution in [3.05, 3.63) is 35.4 Å². The zero-order valence-electron chi connectivity index (χ0n) is 12.4. The van der Waals surface area contributed by atoms with Gasteiger partial charge >= 0.3 is 0 Å². The van der Waals surface area contributed by atoms with Crippen molar-refractivity contribution in [1.29, 1.82) is 0 Å². The van der Waals surface area contributed by atoms with Gasteiger partial charge in [-0.05, 0) is 61.1 Å². The van der Waals surface area contributed by atoms with Crippen LogP contribution in [-0.2, 0) is 6.42 Å². The van der Waals surface area contributed by atoms with Gasteiger partial charge in [0.25, 0.3) is 0 Å². The van der Waals surface area contributed by atoms with Crippen molar-refractivity contribution in [2.75, 3.05) is 6.54 Å². The van der Waals surface area contributed by atoms with Gasteiger partial charge in [-0.2, -0.15) is 0 Å². The van der Waals surface area contributed by atoms with Crippen LogP contribution in [0.15, 0.2) is 24.3 Å². The van der Waals surface area contributed by atoms with Crippen LogP contribution < -0.4 is 5.32 Å². The molecule has 1 heteroatoms. The van der Waals surface area contributed by atoms with E-state index in [2.05, 4.69) is 43.4 Å². The topological polar surface area (TPSA) is 12.0 Å². The molecule has 19 heavy (non-hydrogen) atoms. The molecule has 2 heterocycles. The maximum atomic E-state index is 3.78. The molecule has 3 unspecified atom stereocenters. The van der Waals surface area contributed by atoms with Gasteiger partial charge in [0.15, 0.2) is 0 Å². The summed E-state index contributed by atoms with van der Waals surface area (Å²) in [6.07, 6.45) is 6.76. The third-order valence-corrected chi connectivity index (χ3v) is 5.10. The third kappa shape index (κ3) is 2.86. The number of rotatable bonds is 3. The predicted molar refractivity (Wildman–Crippen MR) is 81.5 cm³/mol. The first-order valence-electron chi connectivity index (χ1n) is 8.05. The lowest BCUT2D eigenvalue weighted by molar-refractivity contribution is 0.246. The molecule has 2 bridgehead atoms. The Morgan fingerprint density at radius 3 is 2.79 bits per heavy atom. The Hall–Kier alpha value is -0.820. The fraction of sp³-hybridized carbons (Fsp3) is 0.667. The first-order valence-corrected chi connectivity index (χ1v) is 8.05. The molecule has 1 aromatic rings. The first-order chi connectivity index (χ1) is 9.24. The number of fused-ring (bicyclic) bond motifs is 2. The molecule has 3 atom stereocenters. The van der Waals surface area contributed by atoms with Crippen molar-refractivity contribution in [1.82, 2.24) is 5.32 Å². The van der Waals surface area contributed by atoms with E-state index in [1.807, 2.05) is 0 Å². The van der Waals surface area contributed by atoms with E-state index in [1.54, 1.807) is 11.1 Å². The molecule has 1 N–H and O–H groups in total. The van der Waals surface area contributed by atoms with Gasteiger partial charge in [-0.25, -0.2) is 0 Å². The van der Waals surface area contributed by atoms with Crippen molar-refractivity contribution >= 4 is 0 Å². The Labute approximate surface area is 117 Å². The zero-order valence-corrected chi connectivity index (χ0v) is 12.4. The van der Waals surface area contributed by atoms with Crippen LogP contribution in [0.3, 0.4) is 0 Å². The van der Waals surface area contributed by atoms with Crippen LogP contribution in [0.4, 0.5) is 0 Å². The lowest BCUT2D eigenvalue weighted by Gasteiger charge is -2.39. The van der Waals surface area contributed by atoms with Gasteiger partial charge in [0.1, 0.15) is 0 Å². The molecule has 0 aromatic heterocycles. The molecule has 1 saturated heterocycles. The molecule has 1 fully saturated rings. The van der Waals surface area contributed by atoms with E-state index in [-0.39, 0.29) is 0 Å². The number of hydrogen-bond donors (Lipinski definition) is 1. The fourth-order valence-electron chi connectivity index (χ4n) is 3.96. The average Bonchev–Trinajstić information content (AvgIpc) is 2.39. The zero-order chi connectivity index (χ0) is 13.2. The molecule has 0 radical (unpaired) electrons. The van der Waals surface area contributed by atoms with Gasteiger partial charge < -0.3 is 5.32 Å². The minimum Gasteiger partial charge on any atom is -0.313 e. The predicted octanol–water partition coefficient (Wildman–Crippen LogP) is 4.13. The van der Waals surface area contributed by atoms with Crippen molar-refractivity contribution in [3.8, 4) is 0 Å². The number of benzene rings is 1. The number of piperidine rings is 1. The highest BCUT2D eigenvalue weighted by atomic mass is 14.9. The first kappa shape index (κ1) is 13.2. The SMILES string of the molecule is CC(C)CCC1c2ccccc2CC2CCC1CN2. The Balaban J connectivity index is 1.90. The van der Waals surface area contributed by atoms with Crippen LogP contribution in [0.1, 0.15) is 56.6 Å². The summed E-state index contributed by atoms with van der Waals surface area (Å²) in [4.78, 5) is 0. The molecule has 4 rings (SSSR count). The molecule has 0 spiro atoms. The molecule has 104 valence electrons. The molecular formula is C18H27N. The van der Waals surface area contributed by atoms with Crippen LogP contribution in [-0.4, -0.2) is 12.6 Å². The van der Waals surface area contributed by atoms with Crippen molar-refractivity contribution in [2.45, 2.75) is 57.9 Å². The van der Waals surface area contributed by atoms with Crippen molar-refractivity contribution < 1.29 is 0 Å². The van der Waals surface area contributed by atoms with E-state index in [0.29, 0.717) is 0 Å². The summed E-state index contributed by atoms with van der Waals surface area (Å²) in [6, 6.07) is 9.95. The van der Waals surface area contributed by atoms with Crippen LogP contribution in [0.25, 0.3) is 0 Å². The summed E-state index contributed by atoms with van der Waals surface area (Å²) >= 11 is 0. The van der Waals surface area contributed by atoms with Crippen molar-refractivity contribution in [3.63, 3.8) is 0 Å². The normalized spacial score (nSPS) is 29.9. The second kappa shape index (κ2) is 5.66. The van der Waals surface area contributed by atoms with E-state index >= 15 is 0 Å². The lowest BCUT2D eigenvalue weighted by atomic mass is 9.72. The van der Waals surface area contributed by atoms with Gasteiger partial charge in [0.2, 0.25) is 0 Å². The highest BCUT2D eigenvalue weighted by Gasteiger charge is 2.32. The van der Waals surface area contributed by atoms with Crippen LogP contribution in [0, 0.1) is 11.8 Å². The lowest BCUT2D eigenvalue weighted by Crippen LogP contribution is -2.44. The summed E-state index contributed by atoms with van der Waals surface area (Å²) in [5.41, 5.74) is 3.28. The summed E-state index contributed by atoms with van der Waals surface area (Å²) in [6.45, 7) is 5.94. The van der Waals surface area contributed by atoms with E-state index in [4.69, 9.17) is 0 Å². The van der Waals surface area contributed by atoms with Gasteiger partial charge in [-0.15, -0.1) is 0 Å². The molecule has 0 amide bonds. The molecule has 3 aliphatic rings. The van der Waals surface area contributed by atoms with Crippen LogP contribution >= 0.6 is 0 Å². The van der Waals surface area contributed by atoms with E-state index in [9.17, 15) is 0 Å². The molecule has 1 nitrogen and oxygen atoms in total. The minimum absolute atomic E-state index is 0.725. The number of hydrogen-bond acceptors (Lipinski definition) is 1. The average molecular weight is 257 g/mol.